The van der Waals surface area contributed by atoms with E-state index in [0.717, 1.165) is 5.56 Å². The molecule has 1 atom stereocenters. The van der Waals surface area contributed by atoms with E-state index in [0.29, 0.717) is 34.9 Å². The van der Waals surface area contributed by atoms with E-state index in [1.165, 1.54) is 4.90 Å². The van der Waals surface area contributed by atoms with Gasteiger partial charge in [0.25, 0.3) is 5.91 Å². The summed E-state index contributed by atoms with van der Waals surface area (Å²) in [6.45, 7) is 0.298. The van der Waals surface area contributed by atoms with Crippen molar-refractivity contribution in [3.05, 3.63) is 89.5 Å². The molecule has 3 aromatic rings. The van der Waals surface area contributed by atoms with Gasteiger partial charge in [0.1, 0.15) is 17.5 Å². The van der Waals surface area contributed by atoms with Gasteiger partial charge in [0.15, 0.2) is 0 Å². The van der Waals surface area contributed by atoms with Crippen molar-refractivity contribution < 1.29 is 19.1 Å². The summed E-state index contributed by atoms with van der Waals surface area (Å²) in [7, 11) is 3.18. The van der Waals surface area contributed by atoms with Crippen LogP contribution in [0.15, 0.2) is 72.8 Å². The zero-order valence-corrected chi connectivity index (χ0v) is 16.8. The van der Waals surface area contributed by atoms with Gasteiger partial charge in [-0.2, -0.15) is 0 Å². The first-order valence-corrected chi connectivity index (χ1v) is 9.60. The third-order valence-corrected chi connectivity index (χ3v) is 5.21. The standard InChI is InChI=1S/C24H22N2O4/c1-29-18-13-11-17(12-14-18)26-22(19-8-4-5-9-20(19)24(26)28)23(27)25-15-16-7-3-6-10-21(16)30-2/h3-14,22H,15H2,1-2H3,(H,25,27)/t22-/m1/s1. The fourth-order valence-corrected chi connectivity index (χ4v) is 3.71. The molecule has 0 saturated carbocycles. The average Bonchev–Trinajstić information content (AvgIpc) is 3.10. The lowest BCUT2D eigenvalue weighted by Crippen LogP contribution is -2.39. The summed E-state index contributed by atoms with van der Waals surface area (Å²) in [6.07, 6.45) is 0. The Kier molecular flexibility index (Phi) is 5.39. The number of hydrogen-bond donors (Lipinski definition) is 1. The molecule has 6 nitrogen and oxygen atoms in total. The van der Waals surface area contributed by atoms with Crippen molar-refractivity contribution in [3.63, 3.8) is 0 Å². The highest BCUT2D eigenvalue weighted by Gasteiger charge is 2.41. The number of rotatable bonds is 6. The maximum absolute atomic E-state index is 13.3. The Balaban J connectivity index is 1.65. The lowest BCUT2D eigenvalue weighted by Gasteiger charge is -2.25. The molecule has 1 N–H and O–H groups in total. The molecular weight excluding hydrogens is 380 g/mol. The van der Waals surface area contributed by atoms with Gasteiger partial charge >= 0.3 is 0 Å². The Hall–Kier alpha value is -3.80. The fraction of sp³-hybridized carbons (Fsp3) is 0.167. The molecule has 0 bridgehead atoms. The third kappa shape index (κ3) is 3.48. The Bertz CT molecular complexity index is 1080. The maximum Gasteiger partial charge on any atom is 0.259 e. The fourth-order valence-electron chi connectivity index (χ4n) is 3.71. The van der Waals surface area contributed by atoms with Crippen LogP contribution < -0.4 is 19.7 Å². The largest absolute Gasteiger partial charge is 0.497 e. The number of nitrogens with one attached hydrogen (secondary N) is 1. The minimum Gasteiger partial charge on any atom is -0.497 e. The number of amides is 2. The third-order valence-electron chi connectivity index (χ3n) is 5.21. The number of benzene rings is 3. The second kappa shape index (κ2) is 8.29. The maximum atomic E-state index is 13.3. The molecule has 0 fully saturated rings. The van der Waals surface area contributed by atoms with Crippen LogP contribution in [0.25, 0.3) is 0 Å². The Morgan fingerprint density at radius 1 is 0.933 bits per heavy atom. The van der Waals surface area contributed by atoms with E-state index in [9.17, 15) is 9.59 Å². The lowest BCUT2D eigenvalue weighted by molar-refractivity contribution is -0.122. The smallest absolute Gasteiger partial charge is 0.259 e. The summed E-state index contributed by atoms with van der Waals surface area (Å²) < 4.78 is 10.6. The molecule has 0 radical (unpaired) electrons. The van der Waals surface area contributed by atoms with Crippen molar-refractivity contribution in [2.24, 2.45) is 0 Å². The van der Waals surface area contributed by atoms with Crippen LogP contribution in [0.1, 0.15) is 27.5 Å². The molecule has 30 heavy (non-hydrogen) atoms. The first-order chi connectivity index (χ1) is 14.6. The van der Waals surface area contributed by atoms with Gasteiger partial charge in [0.05, 0.1) is 14.2 Å². The molecule has 4 rings (SSSR count). The summed E-state index contributed by atoms with van der Waals surface area (Å²) in [4.78, 5) is 27.9. The molecule has 3 aromatic carbocycles. The average molecular weight is 402 g/mol. The Morgan fingerprint density at radius 2 is 1.63 bits per heavy atom. The highest BCUT2D eigenvalue weighted by atomic mass is 16.5. The predicted octanol–water partition coefficient (Wildman–Crippen LogP) is 3.72. The van der Waals surface area contributed by atoms with Crippen LogP contribution in [0.2, 0.25) is 0 Å². The number of carbonyl (C=O) groups is 2. The zero-order chi connectivity index (χ0) is 21.1. The molecule has 1 aliphatic rings. The number of nitrogens with zero attached hydrogens (tertiary/aromatic N) is 1. The normalized spacial score (nSPS) is 14.9. The number of carbonyl (C=O) groups excluding carboxylic acids is 2. The van der Waals surface area contributed by atoms with Crippen LogP contribution in [0, 0.1) is 0 Å². The van der Waals surface area contributed by atoms with Crippen LogP contribution in [0.5, 0.6) is 11.5 Å². The van der Waals surface area contributed by atoms with Gasteiger partial charge in [0.2, 0.25) is 5.91 Å². The SMILES string of the molecule is COc1ccc(N2C(=O)c3ccccc3[C@@H]2C(=O)NCc2ccccc2OC)cc1. The summed E-state index contributed by atoms with van der Waals surface area (Å²) >= 11 is 0. The highest BCUT2D eigenvalue weighted by molar-refractivity contribution is 6.15. The van der Waals surface area contributed by atoms with Crippen LogP contribution >= 0.6 is 0 Å². The van der Waals surface area contributed by atoms with Crippen molar-refractivity contribution in [1.82, 2.24) is 5.32 Å². The topological polar surface area (TPSA) is 67.9 Å². The second-order valence-electron chi connectivity index (χ2n) is 6.89. The monoisotopic (exact) mass is 402 g/mol. The molecule has 0 spiro atoms. The van der Waals surface area contributed by atoms with E-state index >= 15 is 0 Å². The van der Waals surface area contributed by atoms with Gasteiger partial charge < -0.3 is 14.8 Å². The molecule has 0 aromatic heterocycles. The van der Waals surface area contributed by atoms with Crippen LogP contribution in [-0.4, -0.2) is 26.0 Å². The Morgan fingerprint density at radius 3 is 2.37 bits per heavy atom. The number of hydrogen-bond acceptors (Lipinski definition) is 4. The molecule has 1 heterocycles. The summed E-state index contributed by atoms with van der Waals surface area (Å²) in [6, 6.07) is 21.1. The molecular formula is C24H22N2O4. The summed E-state index contributed by atoms with van der Waals surface area (Å²) in [5.41, 5.74) is 2.72. The zero-order valence-electron chi connectivity index (χ0n) is 16.8. The molecule has 6 heteroatoms. The van der Waals surface area contributed by atoms with Gasteiger partial charge in [-0.25, -0.2) is 0 Å². The van der Waals surface area contributed by atoms with E-state index in [4.69, 9.17) is 9.47 Å². The van der Waals surface area contributed by atoms with Crippen LogP contribution in [0.4, 0.5) is 5.69 Å². The minimum atomic E-state index is -0.753. The number of anilines is 1. The van der Waals surface area contributed by atoms with Gasteiger partial charge in [-0.15, -0.1) is 0 Å². The number of ether oxygens (including phenoxy) is 2. The first-order valence-electron chi connectivity index (χ1n) is 9.60. The van der Waals surface area contributed by atoms with E-state index < -0.39 is 6.04 Å². The van der Waals surface area contributed by atoms with Gasteiger partial charge in [0, 0.05) is 23.4 Å². The van der Waals surface area contributed by atoms with Crippen molar-refractivity contribution in [2.45, 2.75) is 12.6 Å². The molecule has 152 valence electrons. The number of para-hydroxylation sites is 1. The van der Waals surface area contributed by atoms with Gasteiger partial charge in [-0.05, 0) is 42.0 Å². The summed E-state index contributed by atoms with van der Waals surface area (Å²) in [5, 5.41) is 2.96. The summed E-state index contributed by atoms with van der Waals surface area (Å²) in [5.74, 6) is 0.927. The molecule has 0 unspecified atom stereocenters. The first kappa shape index (κ1) is 19.5. The highest BCUT2D eigenvalue weighted by Crippen LogP contribution is 2.38. The van der Waals surface area contributed by atoms with E-state index in [1.807, 2.05) is 36.4 Å². The van der Waals surface area contributed by atoms with Crippen molar-refractivity contribution in [2.75, 3.05) is 19.1 Å². The van der Waals surface area contributed by atoms with Crippen molar-refractivity contribution in [3.8, 4) is 11.5 Å². The molecule has 2 amide bonds. The second-order valence-corrected chi connectivity index (χ2v) is 6.89. The van der Waals surface area contributed by atoms with Crippen molar-refractivity contribution >= 4 is 17.5 Å². The molecule has 0 aliphatic carbocycles. The number of methoxy groups -OCH3 is 2. The van der Waals surface area contributed by atoms with E-state index in [1.54, 1.807) is 50.6 Å². The minimum absolute atomic E-state index is 0.201. The van der Waals surface area contributed by atoms with Crippen LogP contribution in [-0.2, 0) is 11.3 Å². The van der Waals surface area contributed by atoms with E-state index in [2.05, 4.69) is 5.32 Å². The quantitative estimate of drug-likeness (QED) is 0.682. The van der Waals surface area contributed by atoms with E-state index in [-0.39, 0.29) is 11.8 Å². The van der Waals surface area contributed by atoms with Crippen molar-refractivity contribution in [1.29, 1.82) is 0 Å². The lowest BCUT2D eigenvalue weighted by atomic mass is 10.0. The van der Waals surface area contributed by atoms with Crippen LogP contribution in [0.3, 0.4) is 0 Å². The molecule has 1 aliphatic heterocycles. The Labute approximate surface area is 175 Å². The number of fused-ring (bicyclic) bond motifs is 1. The molecule has 0 saturated heterocycles. The van der Waals surface area contributed by atoms with Gasteiger partial charge in [-0.1, -0.05) is 36.4 Å². The predicted molar refractivity (Wildman–Crippen MR) is 114 cm³/mol. The van der Waals surface area contributed by atoms with Gasteiger partial charge in [-0.3, -0.25) is 14.5 Å².